The summed E-state index contributed by atoms with van der Waals surface area (Å²) in [7, 11) is -1.08. The van der Waals surface area contributed by atoms with Gasteiger partial charge in [0.2, 0.25) is 0 Å². The van der Waals surface area contributed by atoms with Crippen LogP contribution >= 0.6 is 11.6 Å². The van der Waals surface area contributed by atoms with Crippen molar-refractivity contribution in [3.63, 3.8) is 0 Å². The van der Waals surface area contributed by atoms with Crippen molar-refractivity contribution in [1.29, 1.82) is 0 Å². The van der Waals surface area contributed by atoms with Crippen molar-refractivity contribution in [1.82, 2.24) is 15.1 Å². The molecule has 0 aliphatic carbocycles. The fourth-order valence-electron chi connectivity index (χ4n) is 1.48. The van der Waals surface area contributed by atoms with E-state index in [0.29, 0.717) is 18.1 Å². The SMILES string of the molecule is CCc1nn(C)c(CNCCS(C)(=O)=O)c1Cl. The zero-order valence-corrected chi connectivity index (χ0v) is 11.9. The monoisotopic (exact) mass is 279 g/mol. The molecule has 1 aromatic rings. The molecule has 0 unspecified atom stereocenters. The Morgan fingerprint density at radius 2 is 2.12 bits per heavy atom. The predicted molar refractivity (Wildman–Crippen MR) is 69.0 cm³/mol. The summed E-state index contributed by atoms with van der Waals surface area (Å²) in [5.74, 6) is 0.128. The summed E-state index contributed by atoms with van der Waals surface area (Å²) in [6.07, 6.45) is 2.01. The largest absolute Gasteiger partial charge is 0.310 e. The van der Waals surface area contributed by atoms with E-state index >= 15 is 0 Å². The van der Waals surface area contributed by atoms with Crippen molar-refractivity contribution in [3.05, 3.63) is 16.4 Å². The first-order chi connectivity index (χ1) is 7.85. The molecule has 0 saturated carbocycles. The topological polar surface area (TPSA) is 64.0 Å². The minimum absolute atomic E-state index is 0.128. The molecule has 1 N–H and O–H groups in total. The Balaban J connectivity index is 2.55. The minimum Gasteiger partial charge on any atom is -0.310 e. The number of hydrogen-bond acceptors (Lipinski definition) is 4. The second-order valence-corrected chi connectivity index (χ2v) is 6.63. The van der Waals surface area contributed by atoms with Crippen LogP contribution in [-0.4, -0.2) is 36.8 Å². The van der Waals surface area contributed by atoms with Gasteiger partial charge in [-0.25, -0.2) is 8.42 Å². The van der Waals surface area contributed by atoms with Gasteiger partial charge in [-0.15, -0.1) is 0 Å². The van der Waals surface area contributed by atoms with Crippen LogP contribution in [0, 0.1) is 0 Å². The van der Waals surface area contributed by atoms with Crippen molar-refractivity contribution in [2.75, 3.05) is 18.6 Å². The highest BCUT2D eigenvalue weighted by molar-refractivity contribution is 7.90. The molecule has 7 heteroatoms. The lowest BCUT2D eigenvalue weighted by Gasteiger charge is -2.05. The number of nitrogens with zero attached hydrogens (tertiary/aromatic N) is 2. The Kier molecular flexibility index (Phi) is 4.97. The van der Waals surface area contributed by atoms with Crippen LogP contribution in [0.5, 0.6) is 0 Å². The van der Waals surface area contributed by atoms with Crippen molar-refractivity contribution in [2.45, 2.75) is 19.9 Å². The van der Waals surface area contributed by atoms with Crippen molar-refractivity contribution in [2.24, 2.45) is 7.05 Å². The minimum atomic E-state index is -2.92. The Labute approximate surface area is 107 Å². The third kappa shape index (κ3) is 4.29. The molecule has 0 aliphatic rings. The molecule has 0 saturated heterocycles. The summed E-state index contributed by atoms with van der Waals surface area (Å²) in [5, 5.41) is 8.00. The molecule has 17 heavy (non-hydrogen) atoms. The van der Waals surface area contributed by atoms with Crippen LogP contribution in [0.15, 0.2) is 0 Å². The van der Waals surface area contributed by atoms with Gasteiger partial charge in [-0.1, -0.05) is 18.5 Å². The molecule has 1 aromatic heterocycles. The smallest absolute Gasteiger partial charge is 0.148 e. The molecule has 0 radical (unpaired) electrons. The van der Waals surface area contributed by atoms with Crippen LogP contribution in [0.2, 0.25) is 5.02 Å². The Hall–Kier alpha value is -0.590. The number of sulfone groups is 1. The molecule has 0 amide bonds. The first-order valence-corrected chi connectivity index (χ1v) is 7.87. The average Bonchev–Trinajstić information content (AvgIpc) is 2.48. The van der Waals surface area contributed by atoms with Gasteiger partial charge in [0, 0.05) is 26.4 Å². The lowest BCUT2D eigenvalue weighted by Crippen LogP contribution is -2.23. The van der Waals surface area contributed by atoms with Gasteiger partial charge in [-0.05, 0) is 6.42 Å². The molecule has 98 valence electrons. The van der Waals surface area contributed by atoms with E-state index in [9.17, 15) is 8.42 Å². The van der Waals surface area contributed by atoms with Gasteiger partial charge in [0.05, 0.1) is 22.2 Å². The Bertz CT molecular complexity index is 482. The maximum absolute atomic E-state index is 10.9. The van der Waals surface area contributed by atoms with Crippen LogP contribution in [-0.2, 0) is 29.9 Å². The average molecular weight is 280 g/mol. The van der Waals surface area contributed by atoms with Crippen LogP contribution in [0.3, 0.4) is 0 Å². The molecule has 0 aliphatic heterocycles. The number of hydrogen-bond donors (Lipinski definition) is 1. The van der Waals surface area contributed by atoms with E-state index in [0.717, 1.165) is 17.8 Å². The molecular formula is C10H18ClN3O2S. The highest BCUT2D eigenvalue weighted by Crippen LogP contribution is 2.20. The van der Waals surface area contributed by atoms with Crippen LogP contribution in [0.1, 0.15) is 18.3 Å². The van der Waals surface area contributed by atoms with E-state index in [1.165, 1.54) is 6.26 Å². The normalized spacial score (nSPS) is 12.0. The van der Waals surface area contributed by atoms with Crippen LogP contribution in [0.25, 0.3) is 0 Å². The van der Waals surface area contributed by atoms with E-state index in [1.54, 1.807) is 4.68 Å². The van der Waals surface area contributed by atoms with Crippen molar-refractivity contribution < 1.29 is 8.42 Å². The molecule has 0 bridgehead atoms. The fourth-order valence-corrected chi connectivity index (χ4v) is 2.35. The maximum Gasteiger partial charge on any atom is 0.148 e. The Morgan fingerprint density at radius 1 is 1.47 bits per heavy atom. The van der Waals surface area contributed by atoms with Crippen molar-refractivity contribution >= 4 is 21.4 Å². The van der Waals surface area contributed by atoms with E-state index in [4.69, 9.17) is 11.6 Å². The summed E-state index contributed by atoms with van der Waals surface area (Å²) in [6, 6.07) is 0. The van der Waals surface area contributed by atoms with E-state index in [2.05, 4.69) is 10.4 Å². The highest BCUT2D eigenvalue weighted by atomic mass is 35.5. The van der Waals surface area contributed by atoms with Gasteiger partial charge >= 0.3 is 0 Å². The van der Waals surface area contributed by atoms with Gasteiger partial charge < -0.3 is 5.32 Å². The lowest BCUT2D eigenvalue weighted by molar-refractivity contribution is 0.592. The molecule has 1 heterocycles. The summed E-state index contributed by atoms with van der Waals surface area (Å²) >= 11 is 6.16. The lowest BCUT2D eigenvalue weighted by atomic mass is 10.3. The number of rotatable bonds is 6. The predicted octanol–water partition coefficient (Wildman–Crippen LogP) is 0.770. The second kappa shape index (κ2) is 5.84. The van der Waals surface area contributed by atoms with E-state index < -0.39 is 9.84 Å². The van der Waals surface area contributed by atoms with Crippen molar-refractivity contribution in [3.8, 4) is 0 Å². The van der Waals surface area contributed by atoms with E-state index in [-0.39, 0.29) is 5.75 Å². The molecule has 5 nitrogen and oxygen atoms in total. The van der Waals surface area contributed by atoms with Gasteiger partial charge in [0.15, 0.2) is 0 Å². The molecule has 0 atom stereocenters. The van der Waals surface area contributed by atoms with Gasteiger partial charge in [0.1, 0.15) is 9.84 Å². The zero-order valence-electron chi connectivity index (χ0n) is 10.3. The molecule has 0 aromatic carbocycles. The van der Waals surface area contributed by atoms with Gasteiger partial charge in [-0.2, -0.15) is 5.10 Å². The summed E-state index contributed by atoms with van der Waals surface area (Å²) in [4.78, 5) is 0. The first-order valence-electron chi connectivity index (χ1n) is 5.43. The maximum atomic E-state index is 10.9. The number of aromatic nitrogens is 2. The van der Waals surface area contributed by atoms with E-state index in [1.807, 2.05) is 14.0 Å². The summed E-state index contributed by atoms with van der Waals surface area (Å²) in [5.41, 5.74) is 1.76. The Morgan fingerprint density at radius 3 is 2.59 bits per heavy atom. The van der Waals surface area contributed by atoms with Gasteiger partial charge in [0.25, 0.3) is 0 Å². The first kappa shape index (κ1) is 14.5. The van der Waals surface area contributed by atoms with Gasteiger partial charge in [-0.3, -0.25) is 4.68 Å². The van der Waals surface area contributed by atoms with Crippen LogP contribution in [0.4, 0.5) is 0 Å². The second-order valence-electron chi connectivity index (χ2n) is 3.99. The fraction of sp³-hybridized carbons (Fsp3) is 0.700. The zero-order chi connectivity index (χ0) is 13.1. The summed E-state index contributed by atoms with van der Waals surface area (Å²) in [6.45, 7) is 2.94. The molecule has 0 fully saturated rings. The molecule has 1 rings (SSSR count). The third-order valence-corrected chi connectivity index (χ3v) is 3.83. The number of nitrogens with one attached hydrogen (secondary N) is 1. The standard InChI is InChI=1S/C10H18ClN3O2S/c1-4-8-10(11)9(14(2)13-8)7-12-5-6-17(3,15)16/h12H,4-7H2,1-3H3. The molecule has 0 spiro atoms. The quantitative estimate of drug-likeness (QED) is 0.782. The van der Waals surface area contributed by atoms with Crippen LogP contribution < -0.4 is 5.32 Å². The molecular weight excluding hydrogens is 262 g/mol. The number of aryl methyl sites for hydroxylation is 2. The number of halogens is 1. The summed E-state index contributed by atoms with van der Waals surface area (Å²) < 4.78 is 23.6. The third-order valence-electron chi connectivity index (χ3n) is 2.45. The highest BCUT2D eigenvalue weighted by Gasteiger charge is 2.12.